The number of benzene rings is 2. The van der Waals surface area contributed by atoms with Gasteiger partial charge in [-0.3, -0.25) is 4.79 Å². The van der Waals surface area contributed by atoms with E-state index in [2.05, 4.69) is 28.2 Å². The van der Waals surface area contributed by atoms with Crippen LogP contribution in [-0.4, -0.2) is 47.1 Å². The van der Waals surface area contributed by atoms with E-state index in [1.807, 2.05) is 62.3 Å². The molecule has 0 amide bonds. The van der Waals surface area contributed by atoms with E-state index in [-0.39, 0.29) is 5.56 Å². The summed E-state index contributed by atoms with van der Waals surface area (Å²) in [6.45, 7) is 6.19. The predicted octanol–water partition coefficient (Wildman–Crippen LogP) is 4.95. The highest BCUT2D eigenvalue weighted by Crippen LogP contribution is 2.20. The predicted molar refractivity (Wildman–Crippen MR) is 135 cm³/mol. The summed E-state index contributed by atoms with van der Waals surface area (Å²) in [5.74, 6) is 0. The molecule has 0 unspecified atom stereocenters. The molecule has 1 aromatic heterocycles. The molecule has 3 rings (SSSR count). The van der Waals surface area contributed by atoms with E-state index in [4.69, 9.17) is 23.8 Å². The van der Waals surface area contributed by atoms with Crippen LogP contribution < -0.4 is 10.9 Å². The Morgan fingerprint density at radius 2 is 1.90 bits per heavy atom. The number of anilines is 1. The van der Waals surface area contributed by atoms with Crippen molar-refractivity contribution in [2.75, 3.05) is 32.5 Å². The molecule has 31 heavy (non-hydrogen) atoms. The molecule has 0 spiro atoms. The number of nitrogens with zero attached hydrogens (tertiary/aromatic N) is 2. The third kappa shape index (κ3) is 6.29. The zero-order chi connectivity index (χ0) is 22.5. The molecular weight excluding hydrogens is 428 g/mol. The molecule has 0 bridgehead atoms. The van der Waals surface area contributed by atoms with Crippen molar-refractivity contribution >= 4 is 45.5 Å². The summed E-state index contributed by atoms with van der Waals surface area (Å²) in [5.41, 5.74) is 4.58. The number of fused-ring (bicyclic) bond motifs is 1. The van der Waals surface area contributed by atoms with E-state index in [1.165, 1.54) is 0 Å². The zero-order valence-corrected chi connectivity index (χ0v) is 20.0. The second-order valence-electron chi connectivity index (χ2n) is 8.19. The van der Waals surface area contributed by atoms with Crippen LogP contribution in [0.3, 0.4) is 0 Å². The molecular formula is C24H29ClN4OS. The largest absolute Gasteiger partial charge is 0.344 e. The molecule has 0 radical (unpaired) electrons. The zero-order valence-electron chi connectivity index (χ0n) is 18.5. The quantitative estimate of drug-likeness (QED) is 0.493. The fraction of sp³-hybridized carbons (Fsp3) is 0.333. The maximum Gasteiger partial charge on any atom is 0.253 e. The van der Waals surface area contributed by atoms with Crippen molar-refractivity contribution in [1.29, 1.82) is 0 Å². The molecule has 0 saturated heterocycles. The van der Waals surface area contributed by atoms with Gasteiger partial charge in [0.2, 0.25) is 0 Å². The number of rotatable bonds is 7. The molecule has 164 valence electrons. The summed E-state index contributed by atoms with van der Waals surface area (Å²) in [7, 11) is 4.09. The van der Waals surface area contributed by atoms with E-state index in [9.17, 15) is 4.79 Å². The highest BCUT2D eigenvalue weighted by atomic mass is 35.5. The minimum absolute atomic E-state index is 0.0827. The number of hydrogen-bond donors (Lipinski definition) is 2. The SMILES string of the molecule is Cc1cc(C)c2cc(CN(CCCN(C)C)C(=S)Nc3cccc(Cl)c3)c(=O)[nH]c2c1. The summed E-state index contributed by atoms with van der Waals surface area (Å²) >= 11 is 11.8. The molecule has 5 nitrogen and oxygen atoms in total. The van der Waals surface area contributed by atoms with Crippen molar-refractivity contribution in [2.45, 2.75) is 26.8 Å². The number of nitrogens with one attached hydrogen (secondary N) is 2. The molecule has 0 aliphatic carbocycles. The van der Waals surface area contributed by atoms with Crippen molar-refractivity contribution in [1.82, 2.24) is 14.8 Å². The van der Waals surface area contributed by atoms with Gasteiger partial charge < -0.3 is 20.1 Å². The van der Waals surface area contributed by atoms with Crippen molar-refractivity contribution in [3.63, 3.8) is 0 Å². The Hall–Kier alpha value is -2.41. The van der Waals surface area contributed by atoms with Gasteiger partial charge in [0.15, 0.2) is 5.11 Å². The number of aromatic nitrogens is 1. The molecule has 3 aromatic rings. The van der Waals surface area contributed by atoms with E-state index >= 15 is 0 Å². The van der Waals surface area contributed by atoms with E-state index < -0.39 is 0 Å². The third-order valence-electron chi connectivity index (χ3n) is 5.15. The van der Waals surface area contributed by atoms with Gasteiger partial charge in [-0.15, -0.1) is 0 Å². The Morgan fingerprint density at radius 1 is 1.13 bits per heavy atom. The smallest absolute Gasteiger partial charge is 0.253 e. The highest BCUT2D eigenvalue weighted by molar-refractivity contribution is 7.80. The number of thiocarbonyl (C=S) groups is 1. The van der Waals surface area contributed by atoms with Crippen LogP contribution in [0.25, 0.3) is 10.9 Å². The van der Waals surface area contributed by atoms with Gasteiger partial charge in [0.05, 0.1) is 6.54 Å². The minimum atomic E-state index is -0.0827. The topological polar surface area (TPSA) is 51.4 Å². The third-order valence-corrected chi connectivity index (χ3v) is 5.74. The lowest BCUT2D eigenvalue weighted by Gasteiger charge is -2.26. The molecule has 0 aliphatic rings. The second kappa shape index (κ2) is 10.3. The number of H-pyrrole nitrogens is 1. The molecule has 2 N–H and O–H groups in total. The van der Waals surface area contributed by atoms with Gasteiger partial charge in [-0.1, -0.05) is 23.7 Å². The number of halogens is 1. The van der Waals surface area contributed by atoms with Gasteiger partial charge in [-0.05, 0) is 94.6 Å². The van der Waals surface area contributed by atoms with E-state index in [1.54, 1.807) is 0 Å². The van der Waals surface area contributed by atoms with Gasteiger partial charge in [-0.25, -0.2) is 0 Å². The molecule has 1 heterocycles. The minimum Gasteiger partial charge on any atom is -0.344 e. The van der Waals surface area contributed by atoms with Crippen molar-refractivity contribution < 1.29 is 0 Å². The number of pyridine rings is 1. The first-order valence-electron chi connectivity index (χ1n) is 10.3. The van der Waals surface area contributed by atoms with Crippen LogP contribution >= 0.6 is 23.8 Å². The van der Waals surface area contributed by atoms with Crippen molar-refractivity contribution in [3.8, 4) is 0 Å². The van der Waals surface area contributed by atoms with Crippen LogP contribution in [0.5, 0.6) is 0 Å². The first-order chi connectivity index (χ1) is 14.7. The average molecular weight is 457 g/mol. The maximum absolute atomic E-state index is 12.8. The van der Waals surface area contributed by atoms with Gasteiger partial charge in [-0.2, -0.15) is 0 Å². The van der Waals surface area contributed by atoms with Crippen molar-refractivity contribution in [2.24, 2.45) is 0 Å². The summed E-state index contributed by atoms with van der Waals surface area (Å²) in [6, 6.07) is 13.6. The van der Waals surface area contributed by atoms with Crippen LogP contribution in [0.2, 0.25) is 5.02 Å². The Bertz CT molecular complexity index is 1140. The molecule has 0 saturated carbocycles. The Balaban J connectivity index is 1.87. The maximum atomic E-state index is 12.8. The van der Waals surface area contributed by atoms with Gasteiger partial charge >= 0.3 is 0 Å². The number of aromatic amines is 1. The van der Waals surface area contributed by atoms with Gasteiger partial charge in [0.1, 0.15) is 0 Å². The lowest BCUT2D eigenvalue weighted by atomic mass is 10.0. The monoisotopic (exact) mass is 456 g/mol. The van der Waals surface area contributed by atoms with Crippen LogP contribution in [0, 0.1) is 13.8 Å². The van der Waals surface area contributed by atoms with Crippen LogP contribution in [0.1, 0.15) is 23.1 Å². The highest BCUT2D eigenvalue weighted by Gasteiger charge is 2.14. The summed E-state index contributed by atoms with van der Waals surface area (Å²) in [4.78, 5) is 20.1. The fourth-order valence-electron chi connectivity index (χ4n) is 3.64. The van der Waals surface area contributed by atoms with Crippen LogP contribution in [0.4, 0.5) is 5.69 Å². The van der Waals surface area contributed by atoms with E-state index in [0.29, 0.717) is 22.2 Å². The second-order valence-corrected chi connectivity index (χ2v) is 9.01. The summed E-state index contributed by atoms with van der Waals surface area (Å²) in [6.07, 6.45) is 0.925. The molecule has 0 atom stereocenters. The van der Waals surface area contributed by atoms with Gasteiger partial charge in [0.25, 0.3) is 5.56 Å². The number of aryl methyl sites for hydroxylation is 2. The van der Waals surface area contributed by atoms with Crippen molar-refractivity contribution in [3.05, 3.63) is 74.5 Å². The average Bonchev–Trinajstić information content (AvgIpc) is 2.67. The Kier molecular flexibility index (Phi) is 7.70. The summed E-state index contributed by atoms with van der Waals surface area (Å²) in [5, 5.41) is 5.53. The van der Waals surface area contributed by atoms with Gasteiger partial charge in [0, 0.05) is 33.7 Å². The molecule has 7 heteroatoms. The summed E-state index contributed by atoms with van der Waals surface area (Å²) < 4.78 is 0. The normalized spacial score (nSPS) is 11.2. The standard InChI is InChI=1S/C24H29ClN4OS/c1-16-11-17(2)21-13-18(23(30)27-22(21)12-16)15-29(10-6-9-28(3)4)24(31)26-20-8-5-7-19(25)14-20/h5,7-8,11-14H,6,9-10,15H2,1-4H3,(H,26,31)(H,27,30). The molecule has 0 fully saturated rings. The van der Waals surface area contributed by atoms with Crippen LogP contribution in [-0.2, 0) is 6.54 Å². The first kappa shape index (κ1) is 23.3. The first-order valence-corrected chi connectivity index (χ1v) is 11.1. The fourth-order valence-corrected chi connectivity index (χ4v) is 4.10. The number of hydrogen-bond acceptors (Lipinski definition) is 3. The Labute approximate surface area is 194 Å². The Morgan fingerprint density at radius 3 is 2.61 bits per heavy atom. The molecule has 0 aliphatic heterocycles. The molecule has 2 aromatic carbocycles. The lowest BCUT2D eigenvalue weighted by Crippen LogP contribution is -2.37. The van der Waals surface area contributed by atoms with Crippen LogP contribution in [0.15, 0.2) is 47.3 Å². The van der Waals surface area contributed by atoms with E-state index in [0.717, 1.165) is 47.2 Å². The lowest BCUT2D eigenvalue weighted by molar-refractivity contribution is 0.346.